The Kier molecular flexibility index (Phi) is 2.44. The lowest BCUT2D eigenvalue weighted by atomic mass is 10.2. The van der Waals surface area contributed by atoms with Gasteiger partial charge in [-0.2, -0.15) is 0 Å². The van der Waals surface area contributed by atoms with Crippen molar-refractivity contribution in [1.29, 1.82) is 0 Å². The lowest BCUT2D eigenvalue weighted by Gasteiger charge is -2.05. The van der Waals surface area contributed by atoms with Crippen LogP contribution in [0, 0.1) is 12.7 Å². The van der Waals surface area contributed by atoms with E-state index in [9.17, 15) is 4.39 Å². The van der Waals surface area contributed by atoms with Gasteiger partial charge in [-0.25, -0.2) is 14.4 Å². The van der Waals surface area contributed by atoms with E-state index in [1.165, 1.54) is 19.2 Å². The molecule has 1 aromatic carbocycles. The molecule has 0 amide bonds. The van der Waals surface area contributed by atoms with Gasteiger partial charge in [0.05, 0.1) is 12.6 Å². The Bertz CT molecular complexity index is 530. The van der Waals surface area contributed by atoms with E-state index in [0.717, 1.165) is 0 Å². The number of rotatable bonds is 1. The smallest absolute Gasteiger partial charge is 0.165 e. The molecule has 2 rings (SSSR count). The monoisotopic (exact) mass is 226 g/mol. The van der Waals surface area contributed by atoms with E-state index >= 15 is 0 Å². The summed E-state index contributed by atoms with van der Waals surface area (Å²) in [4.78, 5) is 8.09. The van der Waals surface area contributed by atoms with Crippen LogP contribution in [0.3, 0.4) is 0 Å². The normalized spacial score (nSPS) is 10.7. The second-order valence-electron chi connectivity index (χ2n) is 3.07. The molecule has 0 fully saturated rings. The van der Waals surface area contributed by atoms with Gasteiger partial charge in [-0.1, -0.05) is 11.6 Å². The van der Waals surface area contributed by atoms with Crippen LogP contribution in [0.5, 0.6) is 5.75 Å². The van der Waals surface area contributed by atoms with E-state index < -0.39 is 5.82 Å². The molecule has 0 aliphatic heterocycles. The molecule has 1 heterocycles. The average Bonchev–Trinajstić information content (AvgIpc) is 2.18. The first-order valence-electron chi connectivity index (χ1n) is 4.29. The van der Waals surface area contributed by atoms with Crippen LogP contribution in [0.25, 0.3) is 10.9 Å². The summed E-state index contributed by atoms with van der Waals surface area (Å²) < 4.78 is 18.2. The second-order valence-corrected chi connectivity index (χ2v) is 3.42. The highest BCUT2D eigenvalue weighted by Crippen LogP contribution is 2.27. The third-order valence-corrected chi connectivity index (χ3v) is 2.32. The lowest BCUT2D eigenvalue weighted by molar-refractivity contribution is 0.387. The number of aromatic nitrogens is 2. The Balaban J connectivity index is 2.81. The van der Waals surface area contributed by atoms with Crippen molar-refractivity contribution in [3.05, 3.63) is 28.9 Å². The van der Waals surface area contributed by atoms with Crippen LogP contribution in [-0.2, 0) is 0 Å². The zero-order chi connectivity index (χ0) is 11.0. The van der Waals surface area contributed by atoms with Gasteiger partial charge in [0, 0.05) is 11.5 Å². The minimum atomic E-state index is -0.473. The molecule has 3 nitrogen and oxygen atoms in total. The Hall–Kier alpha value is -1.42. The summed E-state index contributed by atoms with van der Waals surface area (Å²) >= 11 is 5.87. The molecule has 0 bridgehead atoms. The first-order chi connectivity index (χ1) is 7.11. The van der Waals surface area contributed by atoms with E-state index in [1.54, 1.807) is 6.92 Å². The van der Waals surface area contributed by atoms with Crippen LogP contribution in [0.1, 0.15) is 5.82 Å². The molecule has 0 unspecified atom stereocenters. The fraction of sp³-hybridized carbons (Fsp3) is 0.200. The number of ether oxygens (including phenoxy) is 1. The number of aryl methyl sites for hydroxylation is 1. The summed E-state index contributed by atoms with van der Waals surface area (Å²) in [7, 11) is 1.40. The first-order valence-corrected chi connectivity index (χ1v) is 4.67. The van der Waals surface area contributed by atoms with Gasteiger partial charge in [0.2, 0.25) is 0 Å². The van der Waals surface area contributed by atoms with Crippen LogP contribution in [0.15, 0.2) is 12.1 Å². The zero-order valence-corrected chi connectivity index (χ0v) is 8.97. The van der Waals surface area contributed by atoms with Crippen molar-refractivity contribution < 1.29 is 9.13 Å². The molecule has 0 N–H and O–H groups in total. The Morgan fingerprint density at radius 1 is 1.33 bits per heavy atom. The Morgan fingerprint density at radius 2 is 2.07 bits per heavy atom. The zero-order valence-electron chi connectivity index (χ0n) is 8.21. The molecule has 1 aromatic heterocycles. The van der Waals surface area contributed by atoms with E-state index in [4.69, 9.17) is 16.3 Å². The molecule has 0 aliphatic carbocycles. The van der Waals surface area contributed by atoms with E-state index in [2.05, 4.69) is 9.97 Å². The number of halogens is 2. The van der Waals surface area contributed by atoms with E-state index in [-0.39, 0.29) is 10.9 Å². The molecule has 0 spiro atoms. The molecule has 2 aromatic rings. The van der Waals surface area contributed by atoms with Crippen molar-refractivity contribution >= 4 is 22.5 Å². The lowest BCUT2D eigenvalue weighted by Crippen LogP contribution is -1.94. The van der Waals surface area contributed by atoms with Gasteiger partial charge in [-0.15, -0.1) is 0 Å². The Labute approximate surface area is 90.9 Å². The summed E-state index contributed by atoms with van der Waals surface area (Å²) in [6.45, 7) is 1.72. The number of hydrogen-bond acceptors (Lipinski definition) is 3. The first kappa shape index (κ1) is 10.1. The molecular formula is C10H8ClFN2O. The number of nitrogens with zero attached hydrogens (tertiary/aromatic N) is 2. The molecule has 0 saturated carbocycles. The van der Waals surface area contributed by atoms with Gasteiger partial charge in [-0.3, -0.25) is 0 Å². The van der Waals surface area contributed by atoms with Gasteiger partial charge in [0.15, 0.2) is 11.6 Å². The highest BCUT2D eigenvalue weighted by molar-refractivity contribution is 6.34. The number of fused-ring (bicyclic) bond motifs is 1. The van der Waals surface area contributed by atoms with Crippen molar-refractivity contribution in [3.63, 3.8) is 0 Å². The summed E-state index contributed by atoms with van der Waals surface area (Å²) in [5, 5.41) is 0.736. The molecule has 15 heavy (non-hydrogen) atoms. The molecule has 0 aliphatic rings. The third-order valence-electron chi connectivity index (χ3n) is 2.03. The predicted octanol–water partition coefficient (Wildman–Crippen LogP) is 2.74. The highest BCUT2D eigenvalue weighted by atomic mass is 35.5. The minimum Gasteiger partial charge on any atom is -0.494 e. The van der Waals surface area contributed by atoms with Crippen molar-refractivity contribution in [2.24, 2.45) is 0 Å². The maximum absolute atomic E-state index is 13.4. The molecule has 5 heteroatoms. The SMILES string of the molecule is COc1cc2nc(C)nc(Cl)c2cc1F. The number of benzene rings is 1. The fourth-order valence-electron chi connectivity index (χ4n) is 1.36. The second kappa shape index (κ2) is 3.62. The summed E-state index contributed by atoms with van der Waals surface area (Å²) in [5.41, 5.74) is 0.575. The van der Waals surface area contributed by atoms with Crippen LogP contribution in [0.2, 0.25) is 5.15 Å². The Morgan fingerprint density at radius 3 is 2.73 bits per heavy atom. The standard InChI is InChI=1S/C10H8ClFN2O/c1-5-13-8-4-9(15-2)7(12)3-6(8)10(11)14-5/h3-4H,1-2H3. The highest BCUT2D eigenvalue weighted by Gasteiger charge is 2.09. The van der Waals surface area contributed by atoms with Crippen molar-refractivity contribution in [3.8, 4) is 5.75 Å². The van der Waals surface area contributed by atoms with Crippen LogP contribution in [-0.4, -0.2) is 17.1 Å². The topological polar surface area (TPSA) is 35.0 Å². The van der Waals surface area contributed by atoms with E-state index in [0.29, 0.717) is 16.7 Å². The minimum absolute atomic E-state index is 0.150. The maximum atomic E-state index is 13.4. The van der Waals surface area contributed by atoms with Crippen molar-refractivity contribution in [2.75, 3.05) is 7.11 Å². The van der Waals surface area contributed by atoms with Crippen LogP contribution < -0.4 is 4.74 Å². The van der Waals surface area contributed by atoms with Crippen LogP contribution in [0.4, 0.5) is 4.39 Å². The molecule has 0 atom stereocenters. The van der Waals surface area contributed by atoms with Crippen molar-refractivity contribution in [1.82, 2.24) is 9.97 Å². The average molecular weight is 227 g/mol. The van der Waals surface area contributed by atoms with Gasteiger partial charge in [0.1, 0.15) is 11.0 Å². The summed E-state index contributed by atoms with van der Waals surface area (Å²) in [6.07, 6.45) is 0. The van der Waals surface area contributed by atoms with Crippen LogP contribution >= 0.6 is 11.6 Å². The van der Waals surface area contributed by atoms with Gasteiger partial charge >= 0.3 is 0 Å². The maximum Gasteiger partial charge on any atom is 0.165 e. The third kappa shape index (κ3) is 1.72. The molecule has 0 radical (unpaired) electrons. The van der Waals surface area contributed by atoms with Gasteiger partial charge in [-0.05, 0) is 13.0 Å². The predicted molar refractivity (Wildman–Crippen MR) is 55.8 cm³/mol. The summed E-state index contributed by atoms with van der Waals surface area (Å²) in [6, 6.07) is 2.78. The summed E-state index contributed by atoms with van der Waals surface area (Å²) in [5.74, 6) is 0.220. The molecular weight excluding hydrogens is 219 g/mol. The fourth-order valence-corrected chi connectivity index (χ4v) is 1.63. The van der Waals surface area contributed by atoms with Crippen molar-refractivity contribution in [2.45, 2.75) is 6.92 Å². The molecule has 0 saturated heterocycles. The number of methoxy groups -OCH3 is 1. The van der Waals surface area contributed by atoms with E-state index in [1.807, 2.05) is 0 Å². The number of hydrogen-bond donors (Lipinski definition) is 0. The molecule has 78 valence electrons. The largest absolute Gasteiger partial charge is 0.494 e. The quantitative estimate of drug-likeness (QED) is 0.702. The van der Waals surface area contributed by atoms with Gasteiger partial charge in [0.25, 0.3) is 0 Å². The van der Waals surface area contributed by atoms with Gasteiger partial charge < -0.3 is 4.74 Å².